The lowest BCUT2D eigenvalue weighted by atomic mass is 9.86. The van der Waals surface area contributed by atoms with Crippen LogP contribution in [0.25, 0.3) is 16.7 Å². The molecule has 46 heavy (non-hydrogen) atoms. The minimum atomic E-state index is -3.78. The van der Waals surface area contributed by atoms with Gasteiger partial charge in [0.1, 0.15) is 34.8 Å². The standard InChI is InChI=1S/C33H38N4O8S/c1-21(2)31(39)44-17-14-34-32(40)45-16-7-15-43-23-18-26(33(4,5)6)30(38)29(19-23)37-35-27-13-12-25(20-28(27)36-37)46(41,42)24-10-8-22(3)9-11-24/h8-13,18-20,38H,1,7,14-17H2,2-6H3,(H,34,40). The summed E-state index contributed by atoms with van der Waals surface area (Å²) in [6.45, 7) is 13.1. The monoisotopic (exact) mass is 650 g/mol. The number of esters is 1. The summed E-state index contributed by atoms with van der Waals surface area (Å²) in [4.78, 5) is 24.7. The fourth-order valence-corrected chi connectivity index (χ4v) is 5.59. The van der Waals surface area contributed by atoms with Crippen molar-refractivity contribution in [1.82, 2.24) is 20.3 Å². The molecular formula is C33H38N4O8S. The van der Waals surface area contributed by atoms with Gasteiger partial charge in [0.05, 0.1) is 29.5 Å². The van der Waals surface area contributed by atoms with Gasteiger partial charge in [0.25, 0.3) is 0 Å². The maximum absolute atomic E-state index is 13.2. The predicted octanol–water partition coefficient (Wildman–Crippen LogP) is 5.18. The molecule has 4 rings (SSSR count). The third-order valence-electron chi connectivity index (χ3n) is 6.82. The summed E-state index contributed by atoms with van der Waals surface area (Å²) >= 11 is 0. The van der Waals surface area contributed by atoms with Crippen LogP contribution in [0.2, 0.25) is 0 Å². The number of nitrogens with one attached hydrogen (secondary N) is 1. The molecule has 2 N–H and O–H groups in total. The zero-order valence-corrected chi connectivity index (χ0v) is 27.3. The number of aromatic nitrogens is 3. The smallest absolute Gasteiger partial charge is 0.407 e. The van der Waals surface area contributed by atoms with Gasteiger partial charge >= 0.3 is 12.1 Å². The van der Waals surface area contributed by atoms with Crippen molar-refractivity contribution in [2.75, 3.05) is 26.4 Å². The number of phenolic OH excluding ortho intramolecular Hbond substituents is 1. The van der Waals surface area contributed by atoms with Crippen LogP contribution < -0.4 is 10.1 Å². The van der Waals surface area contributed by atoms with E-state index >= 15 is 0 Å². The first-order valence-corrected chi connectivity index (χ1v) is 16.1. The Kier molecular flexibility index (Phi) is 10.4. The summed E-state index contributed by atoms with van der Waals surface area (Å²) in [5.74, 6) is -0.138. The highest BCUT2D eigenvalue weighted by Crippen LogP contribution is 2.38. The van der Waals surface area contributed by atoms with Crippen molar-refractivity contribution in [2.45, 2.75) is 56.2 Å². The average molecular weight is 651 g/mol. The summed E-state index contributed by atoms with van der Waals surface area (Å²) in [6.07, 6.45) is -0.277. The fourth-order valence-electron chi connectivity index (χ4n) is 4.31. The van der Waals surface area contributed by atoms with E-state index in [9.17, 15) is 23.1 Å². The van der Waals surface area contributed by atoms with Crippen LogP contribution in [-0.2, 0) is 29.5 Å². The number of phenols is 1. The minimum Gasteiger partial charge on any atom is -0.505 e. The summed E-state index contributed by atoms with van der Waals surface area (Å²) < 4.78 is 42.5. The van der Waals surface area contributed by atoms with Crippen molar-refractivity contribution < 1.29 is 37.3 Å². The number of hydrogen-bond donors (Lipinski definition) is 2. The number of sulfone groups is 1. The lowest BCUT2D eigenvalue weighted by molar-refractivity contribution is -0.138. The molecule has 0 bridgehead atoms. The van der Waals surface area contributed by atoms with Crippen LogP contribution >= 0.6 is 0 Å². The Balaban J connectivity index is 1.46. The Hall–Kier alpha value is -4.91. The predicted molar refractivity (Wildman–Crippen MR) is 171 cm³/mol. The number of hydrogen-bond acceptors (Lipinski definition) is 10. The quantitative estimate of drug-likeness (QED) is 0.119. The zero-order chi connectivity index (χ0) is 33.6. The maximum Gasteiger partial charge on any atom is 0.407 e. The van der Waals surface area contributed by atoms with Crippen LogP contribution in [0.15, 0.2) is 76.5 Å². The summed E-state index contributed by atoms with van der Waals surface area (Å²) in [5.41, 5.74) is 2.37. The van der Waals surface area contributed by atoms with E-state index in [-0.39, 0.29) is 53.2 Å². The van der Waals surface area contributed by atoms with E-state index in [1.165, 1.54) is 23.9 Å². The van der Waals surface area contributed by atoms with E-state index in [0.29, 0.717) is 28.8 Å². The number of nitrogens with zero attached hydrogens (tertiary/aromatic N) is 3. The number of carbonyl (C=O) groups is 2. The topological polar surface area (TPSA) is 159 Å². The van der Waals surface area contributed by atoms with Crippen LogP contribution in [-0.4, -0.2) is 66.9 Å². The molecule has 1 aromatic heterocycles. The molecule has 244 valence electrons. The van der Waals surface area contributed by atoms with Gasteiger partial charge < -0.3 is 24.6 Å². The highest BCUT2D eigenvalue weighted by atomic mass is 32.2. The van der Waals surface area contributed by atoms with E-state index in [1.54, 1.807) is 42.5 Å². The Morgan fingerprint density at radius 3 is 2.28 bits per heavy atom. The van der Waals surface area contributed by atoms with Crippen molar-refractivity contribution in [3.05, 3.63) is 77.9 Å². The van der Waals surface area contributed by atoms with E-state index in [2.05, 4.69) is 22.1 Å². The van der Waals surface area contributed by atoms with Gasteiger partial charge in [-0.25, -0.2) is 18.0 Å². The number of alkyl carbamates (subject to hydrolysis) is 1. The SMILES string of the molecule is C=C(C)C(=O)OCCNC(=O)OCCCOc1cc(-n2nc3ccc(S(=O)(=O)c4ccc(C)cc4)cc3n2)c(O)c(C(C)(C)C)c1. The second-order valence-corrected chi connectivity index (χ2v) is 13.7. The molecule has 0 spiro atoms. The average Bonchev–Trinajstić information content (AvgIpc) is 3.42. The summed E-state index contributed by atoms with van der Waals surface area (Å²) in [6, 6.07) is 14.5. The Bertz CT molecular complexity index is 1860. The normalized spacial score (nSPS) is 11.7. The minimum absolute atomic E-state index is 0.00242. The molecular weight excluding hydrogens is 612 g/mol. The van der Waals surface area contributed by atoms with E-state index < -0.39 is 27.3 Å². The highest BCUT2D eigenvalue weighted by Gasteiger charge is 2.25. The highest BCUT2D eigenvalue weighted by molar-refractivity contribution is 7.91. The number of fused-ring (bicyclic) bond motifs is 1. The first-order valence-electron chi connectivity index (χ1n) is 14.6. The molecule has 0 aliphatic rings. The van der Waals surface area contributed by atoms with Gasteiger partial charge in [-0.2, -0.15) is 0 Å². The Labute approximate surface area is 267 Å². The molecule has 0 unspecified atom stereocenters. The van der Waals surface area contributed by atoms with Crippen molar-refractivity contribution >= 4 is 32.9 Å². The molecule has 0 saturated carbocycles. The van der Waals surface area contributed by atoms with Gasteiger partial charge in [0.15, 0.2) is 0 Å². The van der Waals surface area contributed by atoms with Gasteiger partial charge in [0, 0.05) is 23.6 Å². The maximum atomic E-state index is 13.2. The number of rotatable bonds is 12. The molecule has 4 aromatic rings. The van der Waals surface area contributed by atoms with Gasteiger partial charge in [-0.15, -0.1) is 15.0 Å². The second kappa shape index (κ2) is 14.0. The van der Waals surface area contributed by atoms with Crippen LogP contribution in [0.5, 0.6) is 11.5 Å². The molecule has 0 atom stereocenters. The number of carbonyl (C=O) groups excluding carboxylic acids is 2. The Morgan fingerprint density at radius 1 is 0.935 bits per heavy atom. The molecule has 0 saturated heterocycles. The van der Waals surface area contributed by atoms with Crippen LogP contribution in [0.1, 0.15) is 45.2 Å². The third kappa shape index (κ3) is 8.21. The number of aromatic hydroxyl groups is 1. The first-order chi connectivity index (χ1) is 21.7. The molecule has 13 heteroatoms. The molecule has 1 amide bonds. The van der Waals surface area contributed by atoms with Crippen molar-refractivity contribution in [3.63, 3.8) is 0 Å². The molecule has 3 aromatic carbocycles. The zero-order valence-electron chi connectivity index (χ0n) is 26.5. The molecule has 1 heterocycles. The van der Waals surface area contributed by atoms with E-state index in [0.717, 1.165) is 5.56 Å². The van der Waals surface area contributed by atoms with Crippen LogP contribution in [0, 0.1) is 6.92 Å². The van der Waals surface area contributed by atoms with Crippen LogP contribution in [0.3, 0.4) is 0 Å². The molecule has 12 nitrogen and oxygen atoms in total. The first kappa shape index (κ1) is 34.0. The van der Waals surface area contributed by atoms with Crippen molar-refractivity contribution in [1.29, 1.82) is 0 Å². The lowest BCUT2D eigenvalue weighted by Gasteiger charge is -2.23. The number of benzene rings is 3. The molecule has 0 radical (unpaired) electrons. The number of ether oxygens (including phenoxy) is 3. The largest absolute Gasteiger partial charge is 0.505 e. The van der Waals surface area contributed by atoms with Gasteiger partial charge in [0.2, 0.25) is 9.84 Å². The van der Waals surface area contributed by atoms with Crippen molar-refractivity contribution in [2.24, 2.45) is 0 Å². The summed E-state index contributed by atoms with van der Waals surface area (Å²) in [7, 11) is -3.78. The molecule has 0 fully saturated rings. The number of amides is 1. The second-order valence-electron chi connectivity index (χ2n) is 11.7. The van der Waals surface area contributed by atoms with E-state index in [1.807, 2.05) is 27.7 Å². The third-order valence-corrected chi connectivity index (χ3v) is 8.59. The van der Waals surface area contributed by atoms with Crippen molar-refractivity contribution in [3.8, 4) is 17.2 Å². The van der Waals surface area contributed by atoms with Crippen LogP contribution in [0.4, 0.5) is 4.79 Å². The van der Waals surface area contributed by atoms with Gasteiger partial charge in [-0.3, -0.25) is 0 Å². The molecule has 0 aliphatic carbocycles. The number of aryl methyl sites for hydroxylation is 1. The summed E-state index contributed by atoms with van der Waals surface area (Å²) in [5, 5.41) is 22.7. The molecule has 0 aliphatic heterocycles. The van der Waals surface area contributed by atoms with Gasteiger partial charge in [-0.1, -0.05) is 45.0 Å². The van der Waals surface area contributed by atoms with Gasteiger partial charge in [-0.05, 0) is 55.7 Å². The fraction of sp³-hybridized carbons (Fsp3) is 0.333. The lowest BCUT2D eigenvalue weighted by Crippen LogP contribution is -2.29. The Morgan fingerprint density at radius 2 is 1.61 bits per heavy atom. The van der Waals surface area contributed by atoms with E-state index in [4.69, 9.17) is 14.2 Å².